The number of hydrogen-bond donors (Lipinski definition) is 3. The molecule has 0 radical (unpaired) electrons. The van der Waals surface area contributed by atoms with Gasteiger partial charge in [0.05, 0.1) is 0 Å². The first-order valence-corrected chi connectivity index (χ1v) is 11.7. The van der Waals surface area contributed by atoms with Crippen molar-refractivity contribution in [2.75, 3.05) is 30.4 Å². The molecule has 2 aliphatic rings. The molecule has 4 heterocycles. The third kappa shape index (κ3) is 4.64. The second-order valence-corrected chi connectivity index (χ2v) is 9.28. The van der Waals surface area contributed by atoms with Crippen molar-refractivity contribution in [3.63, 3.8) is 0 Å². The number of nitrogens with one attached hydrogen (secondary N) is 2. The lowest BCUT2D eigenvalue weighted by atomic mass is 9.69. The zero-order valence-electron chi connectivity index (χ0n) is 19.2. The van der Waals surface area contributed by atoms with Gasteiger partial charge in [0.1, 0.15) is 23.2 Å². The predicted octanol–water partition coefficient (Wildman–Crippen LogP) is 3.52. The van der Waals surface area contributed by atoms with E-state index in [4.69, 9.17) is 4.98 Å². The van der Waals surface area contributed by atoms with Crippen LogP contribution in [0.3, 0.4) is 0 Å². The number of anilines is 3. The maximum absolute atomic E-state index is 12.3. The molecule has 1 aliphatic carbocycles. The smallest absolute Gasteiger partial charge is 0.222 e. The highest BCUT2D eigenvalue weighted by Gasteiger charge is 2.43. The Morgan fingerprint density at radius 3 is 2.88 bits per heavy atom. The molecule has 1 aliphatic heterocycles. The van der Waals surface area contributed by atoms with Crippen LogP contribution >= 0.6 is 0 Å². The molecule has 2 atom stereocenters. The third-order valence-electron chi connectivity index (χ3n) is 6.95. The largest absolute Gasteiger partial charge is 0.508 e. The van der Waals surface area contributed by atoms with Crippen LogP contribution in [0.1, 0.15) is 32.1 Å². The number of carbonyl (C=O) groups is 1. The first-order valence-electron chi connectivity index (χ1n) is 11.7. The van der Waals surface area contributed by atoms with E-state index in [0.29, 0.717) is 17.5 Å². The van der Waals surface area contributed by atoms with Gasteiger partial charge in [0.25, 0.3) is 0 Å². The molecule has 1 amide bonds. The summed E-state index contributed by atoms with van der Waals surface area (Å²) < 4.78 is 0. The summed E-state index contributed by atoms with van der Waals surface area (Å²) in [4.78, 5) is 32.7. The van der Waals surface area contributed by atoms with Crippen molar-refractivity contribution in [2.24, 2.45) is 11.3 Å². The SMILES string of the molecule is CNC(=O)C1CCCC2(CCN(c3cc(Nc4cc(O)ccn4)nc(-c4cccnc4)n3)C2)C1. The number of nitrogens with zero attached hydrogens (tertiary/aromatic N) is 5. The minimum atomic E-state index is 0.0871. The van der Waals surface area contributed by atoms with Crippen LogP contribution in [0.4, 0.5) is 17.5 Å². The van der Waals surface area contributed by atoms with Crippen LogP contribution in [0.5, 0.6) is 5.75 Å². The average Bonchev–Trinajstić information content (AvgIpc) is 3.27. The molecular formula is C25H29N7O2. The van der Waals surface area contributed by atoms with Gasteiger partial charge in [0.15, 0.2) is 5.82 Å². The number of amides is 1. The van der Waals surface area contributed by atoms with Crippen LogP contribution < -0.4 is 15.5 Å². The maximum atomic E-state index is 12.3. The quantitative estimate of drug-likeness (QED) is 0.531. The fourth-order valence-corrected chi connectivity index (χ4v) is 5.28. The van der Waals surface area contributed by atoms with E-state index in [1.807, 2.05) is 18.2 Å². The van der Waals surface area contributed by atoms with Crippen molar-refractivity contribution in [3.05, 3.63) is 48.9 Å². The molecule has 2 unspecified atom stereocenters. The predicted molar refractivity (Wildman–Crippen MR) is 130 cm³/mol. The Balaban J connectivity index is 1.44. The molecule has 176 valence electrons. The lowest BCUT2D eigenvalue weighted by Crippen LogP contribution is -2.38. The van der Waals surface area contributed by atoms with Gasteiger partial charge in [-0.1, -0.05) is 6.42 Å². The van der Waals surface area contributed by atoms with E-state index in [0.717, 1.165) is 56.6 Å². The van der Waals surface area contributed by atoms with Crippen LogP contribution in [-0.2, 0) is 4.79 Å². The Bertz CT molecular complexity index is 1170. The summed E-state index contributed by atoms with van der Waals surface area (Å²) in [6, 6.07) is 8.79. The third-order valence-corrected chi connectivity index (χ3v) is 6.95. The normalized spacial score (nSPS) is 22.0. The Kier molecular flexibility index (Phi) is 6.00. The maximum Gasteiger partial charge on any atom is 0.222 e. The van der Waals surface area contributed by atoms with E-state index in [9.17, 15) is 9.90 Å². The lowest BCUT2D eigenvalue weighted by molar-refractivity contribution is -0.126. The highest BCUT2D eigenvalue weighted by Crippen LogP contribution is 2.47. The van der Waals surface area contributed by atoms with Gasteiger partial charge in [0.2, 0.25) is 5.91 Å². The van der Waals surface area contributed by atoms with Gasteiger partial charge in [-0.15, -0.1) is 0 Å². The molecule has 1 spiro atoms. The zero-order chi connectivity index (χ0) is 23.5. The van der Waals surface area contributed by atoms with Crippen molar-refractivity contribution in [1.29, 1.82) is 0 Å². The van der Waals surface area contributed by atoms with Gasteiger partial charge >= 0.3 is 0 Å². The Morgan fingerprint density at radius 2 is 2.09 bits per heavy atom. The van der Waals surface area contributed by atoms with E-state index < -0.39 is 0 Å². The molecule has 9 heteroatoms. The van der Waals surface area contributed by atoms with Gasteiger partial charge in [-0.2, -0.15) is 0 Å². The van der Waals surface area contributed by atoms with E-state index >= 15 is 0 Å². The first kappa shape index (κ1) is 22.1. The van der Waals surface area contributed by atoms with Gasteiger partial charge in [-0.25, -0.2) is 15.0 Å². The van der Waals surface area contributed by atoms with Gasteiger partial charge in [-0.05, 0) is 49.3 Å². The summed E-state index contributed by atoms with van der Waals surface area (Å²) in [6.07, 6.45) is 10.1. The van der Waals surface area contributed by atoms with E-state index in [2.05, 4.69) is 30.5 Å². The van der Waals surface area contributed by atoms with Crippen molar-refractivity contribution < 1.29 is 9.90 Å². The minimum absolute atomic E-state index is 0.0871. The zero-order valence-corrected chi connectivity index (χ0v) is 19.2. The number of carbonyl (C=O) groups excluding carboxylic acids is 1. The molecule has 5 rings (SSSR count). The molecule has 34 heavy (non-hydrogen) atoms. The summed E-state index contributed by atoms with van der Waals surface area (Å²) in [5, 5.41) is 15.8. The van der Waals surface area contributed by atoms with E-state index in [-0.39, 0.29) is 23.0 Å². The van der Waals surface area contributed by atoms with Crippen molar-refractivity contribution in [2.45, 2.75) is 32.1 Å². The van der Waals surface area contributed by atoms with Crippen molar-refractivity contribution >= 4 is 23.4 Å². The van der Waals surface area contributed by atoms with E-state index in [1.54, 1.807) is 25.5 Å². The molecule has 0 bridgehead atoms. The van der Waals surface area contributed by atoms with Crippen LogP contribution in [0.15, 0.2) is 48.9 Å². The summed E-state index contributed by atoms with van der Waals surface area (Å²) in [5.41, 5.74) is 0.956. The lowest BCUT2D eigenvalue weighted by Gasteiger charge is -2.37. The second-order valence-electron chi connectivity index (χ2n) is 9.28. The van der Waals surface area contributed by atoms with Crippen molar-refractivity contribution in [3.8, 4) is 17.1 Å². The highest BCUT2D eigenvalue weighted by atomic mass is 16.3. The van der Waals surface area contributed by atoms with Gasteiger partial charge in [-0.3, -0.25) is 9.78 Å². The summed E-state index contributed by atoms with van der Waals surface area (Å²) in [5.74, 6) is 2.86. The second kappa shape index (κ2) is 9.24. The Morgan fingerprint density at radius 1 is 1.18 bits per heavy atom. The Labute approximate surface area is 198 Å². The molecule has 1 saturated heterocycles. The van der Waals surface area contributed by atoms with Gasteiger partial charge < -0.3 is 20.6 Å². The first-order chi connectivity index (χ1) is 16.5. The molecule has 9 nitrogen and oxygen atoms in total. The van der Waals surface area contributed by atoms with Crippen LogP contribution in [0.25, 0.3) is 11.4 Å². The number of hydrogen-bond acceptors (Lipinski definition) is 8. The monoisotopic (exact) mass is 459 g/mol. The van der Waals surface area contributed by atoms with E-state index in [1.165, 1.54) is 12.3 Å². The standard InChI is InChI=1S/C25H29N7O2/c1-26-24(34)17-4-2-7-25(14-17)8-11-32(16-25)22-13-21(29-20-12-19(33)6-10-28-20)30-23(31-22)18-5-3-9-27-15-18/h3,5-6,9-10,12-13,15,17H,2,4,7-8,11,14,16H2,1H3,(H,26,34)(H2,28,29,30,31,33). The van der Waals surface area contributed by atoms with Gasteiger partial charge in [0, 0.05) is 62.3 Å². The molecule has 2 fully saturated rings. The highest BCUT2D eigenvalue weighted by molar-refractivity contribution is 5.78. The number of aromatic nitrogens is 4. The van der Waals surface area contributed by atoms with Crippen LogP contribution in [0.2, 0.25) is 0 Å². The number of aromatic hydroxyl groups is 1. The van der Waals surface area contributed by atoms with Crippen molar-refractivity contribution in [1.82, 2.24) is 25.3 Å². The van der Waals surface area contributed by atoms with Crippen LogP contribution in [-0.4, -0.2) is 51.1 Å². The number of pyridine rings is 2. The summed E-state index contributed by atoms with van der Waals surface area (Å²) in [7, 11) is 1.72. The number of rotatable bonds is 5. The molecule has 3 aromatic heterocycles. The fourth-order valence-electron chi connectivity index (χ4n) is 5.28. The molecule has 0 aromatic carbocycles. The average molecular weight is 460 g/mol. The summed E-state index contributed by atoms with van der Waals surface area (Å²) >= 11 is 0. The topological polar surface area (TPSA) is 116 Å². The molecule has 1 saturated carbocycles. The molecule has 3 N–H and O–H groups in total. The minimum Gasteiger partial charge on any atom is -0.508 e. The molecule has 3 aromatic rings. The Hall–Kier alpha value is -3.75. The fraction of sp³-hybridized carbons (Fsp3) is 0.400. The summed E-state index contributed by atoms with van der Waals surface area (Å²) in [6.45, 7) is 1.75. The van der Waals surface area contributed by atoms with Crippen LogP contribution in [0, 0.1) is 11.3 Å². The molecular weight excluding hydrogens is 430 g/mol.